The van der Waals surface area contributed by atoms with Crippen LogP contribution in [-0.2, 0) is 43.0 Å². The van der Waals surface area contributed by atoms with Gasteiger partial charge in [-0.1, -0.05) is 23.7 Å². The van der Waals surface area contributed by atoms with Gasteiger partial charge >= 0.3 is 0 Å². The van der Waals surface area contributed by atoms with Crippen molar-refractivity contribution in [1.29, 1.82) is 0 Å². The highest BCUT2D eigenvalue weighted by molar-refractivity contribution is 5.91. The zero-order chi connectivity index (χ0) is 49.1. The van der Waals surface area contributed by atoms with E-state index in [1.807, 2.05) is 34.6 Å². The minimum absolute atomic E-state index is 0.0118. The van der Waals surface area contributed by atoms with Gasteiger partial charge in [0.05, 0.1) is 61.0 Å². The Hall–Kier alpha value is -4.48. The predicted molar refractivity (Wildman–Crippen MR) is 248 cm³/mol. The molecule has 0 fully saturated rings. The third-order valence-electron chi connectivity index (χ3n) is 10.7. The standard InChI is InChI=1S/C43H83N11O11/c1-9-10-20-46-38(57)29-64-25-23-63-24-26-65-30-39(58)47-21-13-12-17-35(41(60)48-22-14-11-16-34(45-8)40(44)59)52-37(56)19-15-18-36(55)51-33(27-49-42(4,5)31(2)53-61)28-50-43(6,7)32(3)54-62/h33-35,45,49-50,61-62H,9-30H2,1-8H3,(H2,44,59)(H,46,57)(H,47,58)(H,48,60)(H,51,55)(H,52,56)/b53-31-,54-32-/t34-,35-/m0/s1. The summed E-state index contributed by atoms with van der Waals surface area (Å²) in [5, 5.41) is 48.9. The molecule has 2 atom stereocenters. The number of primary amides is 1. The zero-order valence-electron chi connectivity index (χ0n) is 40.3. The van der Waals surface area contributed by atoms with Crippen LogP contribution in [0.1, 0.15) is 119 Å². The van der Waals surface area contributed by atoms with Gasteiger partial charge in [-0.05, 0) is 100.0 Å². The minimum Gasteiger partial charge on any atom is -0.411 e. The molecule has 0 radical (unpaired) electrons. The number of hydrogen-bond acceptors (Lipinski definition) is 16. The van der Waals surface area contributed by atoms with Gasteiger partial charge in [-0.3, -0.25) is 28.8 Å². The quantitative estimate of drug-likeness (QED) is 0.0169. The molecule has 65 heavy (non-hydrogen) atoms. The summed E-state index contributed by atoms with van der Waals surface area (Å²) in [7, 11) is 1.65. The number of oxime groups is 2. The fourth-order valence-corrected chi connectivity index (χ4v) is 5.79. The molecule has 0 aromatic rings. The van der Waals surface area contributed by atoms with Crippen molar-refractivity contribution >= 4 is 46.9 Å². The summed E-state index contributed by atoms with van der Waals surface area (Å²) < 4.78 is 16.0. The van der Waals surface area contributed by atoms with Gasteiger partial charge in [-0.15, -0.1) is 0 Å². The first kappa shape index (κ1) is 60.5. The van der Waals surface area contributed by atoms with E-state index >= 15 is 0 Å². The Kier molecular flexibility index (Phi) is 33.3. The van der Waals surface area contributed by atoms with Crippen LogP contribution in [0.25, 0.3) is 0 Å². The second kappa shape index (κ2) is 35.7. The lowest BCUT2D eigenvalue weighted by Crippen LogP contribution is -2.57. The van der Waals surface area contributed by atoms with Crippen molar-refractivity contribution in [3.8, 4) is 0 Å². The van der Waals surface area contributed by atoms with Gasteiger partial charge in [-0.2, -0.15) is 0 Å². The molecule has 22 heteroatoms. The third kappa shape index (κ3) is 30.4. The molecule has 0 unspecified atom stereocenters. The maximum absolute atomic E-state index is 13.3. The highest BCUT2D eigenvalue weighted by Gasteiger charge is 2.27. The van der Waals surface area contributed by atoms with Gasteiger partial charge in [0.1, 0.15) is 19.3 Å². The largest absolute Gasteiger partial charge is 0.411 e. The number of rotatable bonds is 40. The van der Waals surface area contributed by atoms with Crippen LogP contribution >= 0.6 is 0 Å². The first-order chi connectivity index (χ1) is 30.8. The van der Waals surface area contributed by atoms with Crippen molar-refractivity contribution in [1.82, 2.24) is 42.5 Å². The van der Waals surface area contributed by atoms with Crippen LogP contribution in [0.4, 0.5) is 0 Å². The van der Waals surface area contributed by atoms with E-state index in [1.165, 1.54) is 0 Å². The molecule has 0 saturated carbocycles. The number of nitrogens with one attached hydrogen (secondary N) is 8. The van der Waals surface area contributed by atoms with Gasteiger partial charge in [0.2, 0.25) is 35.4 Å². The van der Waals surface area contributed by atoms with E-state index in [4.69, 9.17) is 19.9 Å². The van der Waals surface area contributed by atoms with Crippen LogP contribution in [0.2, 0.25) is 0 Å². The second-order valence-electron chi connectivity index (χ2n) is 16.9. The number of nitrogens with zero attached hydrogens (tertiary/aromatic N) is 2. The van der Waals surface area contributed by atoms with E-state index in [1.54, 1.807) is 20.9 Å². The van der Waals surface area contributed by atoms with Gasteiger partial charge in [0, 0.05) is 45.6 Å². The van der Waals surface area contributed by atoms with Crippen LogP contribution < -0.4 is 48.3 Å². The summed E-state index contributed by atoms with van der Waals surface area (Å²) in [5.41, 5.74) is 4.95. The third-order valence-corrected chi connectivity index (χ3v) is 10.7. The Morgan fingerprint density at radius 2 is 1.05 bits per heavy atom. The molecule has 0 saturated heterocycles. The molecule has 0 bridgehead atoms. The van der Waals surface area contributed by atoms with Crippen LogP contribution in [0.15, 0.2) is 10.3 Å². The minimum atomic E-state index is -0.857. The molecule has 376 valence electrons. The fourth-order valence-electron chi connectivity index (χ4n) is 5.79. The molecule has 0 aliphatic rings. The molecule has 0 aliphatic heterocycles. The molecular weight excluding hydrogens is 847 g/mol. The van der Waals surface area contributed by atoms with Crippen molar-refractivity contribution in [2.45, 2.75) is 148 Å². The Balaban J connectivity index is 5.05. The smallest absolute Gasteiger partial charge is 0.245 e. The summed E-state index contributed by atoms with van der Waals surface area (Å²) in [6.07, 6.45) is 5.22. The van der Waals surface area contributed by atoms with Crippen molar-refractivity contribution in [3.63, 3.8) is 0 Å². The monoisotopic (exact) mass is 930 g/mol. The molecular formula is C43H83N11O11. The average Bonchev–Trinajstić information content (AvgIpc) is 3.26. The van der Waals surface area contributed by atoms with Crippen molar-refractivity contribution in [2.75, 3.05) is 79.4 Å². The molecule has 0 rings (SSSR count). The average molecular weight is 930 g/mol. The van der Waals surface area contributed by atoms with Crippen LogP contribution in [0.3, 0.4) is 0 Å². The highest BCUT2D eigenvalue weighted by Crippen LogP contribution is 2.09. The predicted octanol–water partition coefficient (Wildman–Crippen LogP) is 0.175. The first-order valence-electron chi connectivity index (χ1n) is 22.8. The maximum Gasteiger partial charge on any atom is 0.245 e. The second-order valence-corrected chi connectivity index (χ2v) is 16.9. The summed E-state index contributed by atoms with van der Waals surface area (Å²) in [5.74, 6) is -1.99. The first-order valence-corrected chi connectivity index (χ1v) is 22.8. The number of ether oxygens (including phenoxy) is 3. The SMILES string of the molecule is CCCCNC(=O)COCCOCCOCC(=O)NCCCC[C@H](NC(=O)CCCC(=O)NC(CNC(C)(C)/C(C)=N\O)CNC(C)(C)/C(C)=N\O)C(=O)NCCCC[C@H](NC)C(N)=O. The van der Waals surface area contributed by atoms with E-state index in [0.29, 0.717) is 82.7 Å². The Morgan fingerprint density at radius 3 is 1.51 bits per heavy atom. The maximum atomic E-state index is 13.3. The van der Waals surface area contributed by atoms with Crippen LogP contribution in [0.5, 0.6) is 0 Å². The summed E-state index contributed by atoms with van der Waals surface area (Å²) in [4.78, 5) is 74.9. The van der Waals surface area contributed by atoms with Crippen molar-refractivity contribution < 1.29 is 53.4 Å². The molecule has 0 heterocycles. The van der Waals surface area contributed by atoms with E-state index in [0.717, 1.165) is 12.8 Å². The Labute approximate surface area is 385 Å². The molecule has 6 amide bonds. The number of carbonyl (C=O) groups excluding carboxylic acids is 6. The number of hydrogen-bond donors (Lipinski definition) is 11. The number of unbranched alkanes of at least 4 members (excludes halogenated alkanes) is 3. The lowest BCUT2D eigenvalue weighted by molar-refractivity contribution is -0.129. The molecule has 12 N–H and O–H groups in total. The molecule has 0 spiro atoms. The lowest BCUT2D eigenvalue weighted by atomic mass is 9.98. The van der Waals surface area contributed by atoms with E-state index < -0.39 is 41.0 Å². The van der Waals surface area contributed by atoms with Crippen LogP contribution in [0, 0.1) is 0 Å². The van der Waals surface area contributed by atoms with Crippen molar-refractivity contribution in [2.24, 2.45) is 16.0 Å². The molecule has 22 nitrogen and oxygen atoms in total. The van der Waals surface area contributed by atoms with Gasteiger partial charge in [0.25, 0.3) is 0 Å². The number of carbonyl (C=O) groups is 6. The number of amides is 6. The molecule has 0 aliphatic carbocycles. The lowest BCUT2D eigenvalue weighted by Gasteiger charge is -2.32. The number of likely N-dealkylation sites (N-methyl/N-ethyl adjacent to an activating group) is 1. The summed E-state index contributed by atoms with van der Waals surface area (Å²) in [6, 6.07) is -1.76. The van der Waals surface area contributed by atoms with E-state index in [-0.39, 0.29) is 82.5 Å². The summed E-state index contributed by atoms with van der Waals surface area (Å²) >= 11 is 0. The van der Waals surface area contributed by atoms with Crippen molar-refractivity contribution in [3.05, 3.63) is 0 Å². The van der Waals surface area contributed by atoms with E-state index in [9.17, 15) is 39.2 Å². The zero-order valence-corrected chi connectivity index (χ0v) is 40.3. The Morgan fingerprint density at radius 1 is 0.600 bits per heavy atom. The van der Waals surface area contributed by atoms with E-state index in [2.05, 4.69) is 52.8 Å². The summed E-state index contributed by atoms with van der Waals surface area (Å²) in [6.45, 7) is 15.5. The molecule has 0 aromatic heterocycles. The normalized spacial score (nSPS) is 13.2. The highest BCUT2D eigenvalue weighted by atomic mass is 16.5. The topological polar surface area (TPSA) is 318 Å². The molecule has 0 aromatic carbocycles. The van der Waals surface area contributed by atoms with Gasteiger partial charge < -0.3 is 72.9 Å². The fraction of sp³-hybridized carbons (Fsp3) is 0.814. The van der Waals surface area contributed by atoms with Gasteiger partial charge in [0.15, 0.2) is 0 Å². The van der Waals surface area contributed by atoms with Gasteiger partial charge in [-0.25, -0.2) is 0 Å². The van der Waals surface area contributed by atoms with Crippen LogP contribution in [-0.4, -0.2) is 166 Å². The Bertz CT molecular complexity index is 1430. The number of nitrogens with two attached hydrogens (primary N) is 1.